The Morgan fingerprint density at radius 1 is 0.800 bits per heavy atom. The van der Waals surface area contributed by atoms with Crippen LogP contribution in [0.15, 0.2) is 0 Å². The third-order valence-electron chi connectivity index (χ3n) is 4.65. The van der Waals surface area contributed by atoms with Crippen LogP contribution in [-0.2, 0) is 4.74 Å². The fraction of sp³-hybridized carbons (Fsp3) is 1.00. The maximum absolute atomic E-state index is 5.80. The van der Waals surface area contributed by atoms with E-state index in [1.165, 1.54) is 83.5 Å². The molecule has 0 aromatic rings. The standard InChI is InChI=1S/C19H38O/c1-18(2)13-9-7-5-3-4-6-8-12-16-20-17-19-14-10-11-15-19/h18-19H,3-17H2,1-2H3. The molecule has 1 heteroatoms. The quantitative estimate of drug-likeness (QED) is 0.357. The van der Waals surface area contributed by atoms with E-state index in [2.05, 4.69) is 13.8 Å². The third kappa shape index (κ3) is 10.7. The Morgan fingerprint density at radius 2 is 1.35 bits per heavy atom. The van der Waals surface area contributed by atoms with Crippen molar-refractivity contribution in [3.63, 3.8) is 0 Å². The zero-order chi connectivity index (χ0) is 14.5. The second-order valence-corrected chi connectivity index (χ2v) is 7.24. The van der Waals surface area contributed by atoms with E-state index >= 15 is 0 Å². The Kier molecular flexibility index (Phi) is 11.4. The number of hydrogen-bond acceptors (Lipinski definition) is 1. The van der Waals surface area contributed by atoms with Gasteiger partial charge < -0.3 is 4.74 Å². The van der Waals surface area contributed by atoms with Crippen LogP contribution in [0.25, 0.3) is 0 Å². The molecule has 0 saturated heterocycles. The molecule has 0 heterocycles. The van der Waals surface area contributed by atoms with E-state index in [1.807, 2.05) is 0 Å². The van der Waals surface area contributed by atoms with Gasteiger partial charge in [0.2, 0.25) is 0 Å². The van der Waals surface area contributed by atoms with Crippen LogP contribution >= 0.6 is 0 Å². The van der Waals surface area contributed by atoms with E-state index in [-0.39, 0.29) is 0 Å². The first kappa shape index (κ1) is 18.0. The zero-order valence-electron chi connectivity index (χ0n) is 14.2. The minimum atomic E-state index is 0.888. The van der Waals surface area contributed by atoms with Crippen molar-refractivity contribution in [3.05, 3.63) is 0 Å². The van der Waals surface area contributed by atoms with Gasteiger partial charge in [0, 0.05) is 13.2 Å². The van der Waals surface area contributed by atoms with E-state index in [1.54, 1.807) is 0 Å². The van der Waals surface area contributed by atoms with Gasteiger partial charge in [-0.25, -0.2) is 0 Å². The van der Waals surface area contributed by atoms with Crippen molar-refractivity contribution in [3.8, 4) is 0 Å². The Bertz CT molecular complexity index is 194. The lowest BCUT2D eigenvalue weighted by atomic mass is 10.0. The van der Waals surface area contributed by atoms with Crippen molar-refractivity contribution >= 4 is 0 Å². The topological polar surface area (TPSA) is 9.23 Å². The number of ether oxygens (including phenoxy) is 1. The molecular weight excluding hydrogens is 244 g/mol. The summed E-state index contributed by atoms with van der Waals surface area (Å²) in [6.45, 7) is 6.70. The van der Waals surface area contributed by atoms with Gasteiger partial charge in [-0.2, -0.15) is 0 Å². The lowest BCUT2D eigenvalue weighted by Gasteiger charge is -2.09. The summed E-state index contributed by atoms with van der Waals surface area (Å²) in [6, 6.07) is 0. The van der Waals surface area contributed by atoms with E-state index in [9.17, 15) is 0 Å². The van der Waals surface area contributed by atoms with Crippen LogP contribution in [0.4, 0.5) is 0 Å². The Morgan fingerprint density at radius 3 is 1.95 bits per heavy atom. The third-order valence-corrected chi connectivity index (χ3v) is 4.65. The first-order chi connectivity index (χ1) is 9.79. The molecule has 0 N–H and O–H groups in total. The van der Waals surface area contributed by atoms with Crippen molar-refractivity contribution in [2.75, 3.05) is 13.2 Å². The smallest absolute Gasteiger partial charge is 0.0494 e. The molecule has 1 rings (SSSR count). The first-order valence-electron chi connectivity index (χ1n) is 9.37. The minimum Gasteiger partial charge on any atom is -0.381 e. The predicted molar refractivity (Wildman–Crippen MR) is 89.2 cm³/mol. The molecule has 0 unspecified atom stereocenters. The van der Waals surface area contributed by atoms with E-state index < -0.39 is 0 Å². The average molecular weight is 283 g/mol. The molecule has 1 saturated carbocycles. The molecule has 1 nitrogen and oxygen atoms in total. The van der Waals surface area contributed by atoms with Crippen LogP contribution in [0.5, 0.6) is 0 Å². The van der Waals surface area contributed by atoms with Gasteiger partial charge in [0.15, 0.2) is 0 Å². The van der Waals surface area contributed by atoms with Crippen molar-refractivity contribution in [2.24, 2.45) is 11.8 Å². The van der Waals surface area contributed by atoms with Gasteiger partial charge in [-0.15, -0.1) is 0 Å². The molecule has 0 spiro atoms. The predicted octanol–water partition coefficient (Wildman–Crippen LogP) is 6.36. The SMILES string of the molecule is CC(C)CCCCCCCCCCOCC1CCCC1. The highest BCUT2D eigenvalue weighted by molar-refractivity contribution is 4.66. The molecule has 1 fully saturated rings. The summed E-state index contributed by atoms with van der Waals surface area (Å²) in [6.07, 6.45) is 18.4. The van der Waals surface area contributed by atoms with Crippen LogP contribution in [-0.4, -0.2) is 13.2 Å². The molecule has 120 valence electrons. The maximum Gasteiger partial charge on any atom is 0.0494 e. The van der Waals surface area contributed by atoms with Gasteiger partial charge in [0.1, 0.15) is 0 Å². The van der Waals surface area contributed by atoms with Gasteiger partial charge in [-0.05, 0) is 31.1 Å². The zero-order valence-corrected chi connectivity index (χ0v) is 14.2. The van der Waals surface area contributed by atoms with Crippen molar-refractivity contribution in [1.29, 1.82) is 0 Å². The van der Waals surface area contributed by atoms with Crippen molar-refractivity contribution in [2.45, 2.75) is 97.3 Å². The molecule has 1 aliphatic rings. The Balaban J connectivity index is 1.68. The minimum absolute atomic E-state index is 0.888. The summed E-state index contributed by atoms with van der Waals surface area (Å²) in [5.74, 6) is 1.78. The fourth-order valence-corrected chi connectivity index (χ4v) is 3.24. The maximum atomic E-state index is 5.80. The van der Waals surface area contributed by atoms with E-state index in [0.717, 1.165) is 25.0 Å². The summed E-state index contributed by atoms with van der Waals surface area (Å²) in [7, 11) is 0. The van der Waals surface area contributed by atoms with Crippen molar-refractivity contribution in [1.82, 2.24) is 0 Å². The molecular formula is C19H38O. The lowest BCUT2D eigenvalue weighted by Crippen LogP contribution is -2.06. The first-order valence-corrected chi connectivity index (χ1v) is 9.37. The Hall–Kier alpha value is -0.0400. The summed E-state index contributed by atoms with van der Waals surface area (Å²) in [5.41, 5.74) is 0. The molecule has 0 aromatic carbocycles. The fourth-order valence-electron chi connectivity index (χ4n) is 3.24. The molecule has 0 bridgehead atoms. The molecule has 0 aliphatic heterocycles. The van der Waals surface area contributed by atoms with Gasteiger partial charge in [-0.1, -0.05) is 78.1 Å². The normalized spacial score (nSPS) is 16.4. The van der Waals surface area contributed by atoms with Crippen LogP contribution < -0.4 is 0 Å². The van der Waals surface area contributed by atoms with E-state index in [0.29, 0.717) is 0 Å². The molecule has 1 aliphatic carbocycles. The van der Waals surface area contributed by atoms with Crippen molar-refractivity contribution < 1.29 is 4.74 Å². The highest BCUT2D eigenvalue weighted by atomic mass is 16.5. The van der Waals surface area contributed by atoms with Crippen LogP contribution in [0.1, 0.15) is 97.3 Å². The van der Waals surface area contributed by atoms with Crippen LogP contribution in [0.3, 0.4) is 0 Å². The summed E-state index contributed by atoms with van der Waals surface area (Å²) < 4.78 is 5.80. The summed E-state index contributed by atoms with van der Waals surface area (Å²) in [4.78, 5) is 0. The second kappa shape index (κ2) is 12.7. The van der Waals surface area contributed by atoms with Crippen LogP contribution in [0.2, 0.25) is 0 Å². The van der Waals surface area contributed by atoms with Gasteiger partial charge in [-0.3, -0.25) is 0 Å². The molecule has 0 atom stereocenters. The van der Waals surface area contributed by atoms with Gasteiger partial charge in [0.05, 0.1) is 0 Å². The molecule has 0 amide bonds. The largest absolute Gasteiger partial charge is 0.381 e. The Labute approximate surface area is 127 Å². The highest BCUT2D eigenvalue weighted by Crippen LogP contribution is 2.24. The number of rotatable bonds is 13. The second-order valence-electron chi connectivity index (χ2n) is 7.24. The summed E-state index contributed by atoms with van der Waals surface area (Å²) in [5, 5.41) is 0. The van der Waals surface area contributed by atoms with Gasteiger partial charge >= 0.3 is 0 Å². The summed E-state index contributed by atoms with van der Waals surface area (Å²) >= 11 is 0. The highest BCUT2D eigenvalue weighted by Gasteiger charge is 2.14. The average Bonchev–Trinajstić information content (AvgIpc) is 2.93. The number of unbranched alkanes of at least 4 members (excludes halogenated alkanes) is 7. The molecule has 0 radical (unpaired) electrons. The molecule has 20 heavy (non-hydrogen) atoms. The van der Waals surface area contributed by atoms with Crippen LogP contribution in [0, 0.1) is 11.8 Å². The van der Waals surface area contributed by atoms with Gasteiger partial charge in [0.25, 0.3) is 0 Å². The molecule has 0 aromatic heterocycles. The van der Waals surface area contributed by atoms with E-state index in [4.69, 9.17) is 4.74 Å². The monoisotopic (exact) mass is 282 g/mol. The number of hydrogen-bond donors (Lipinski definition) is 0. The lowest BCUT2D eigenvalue weighted by molar-refractivity contribution is 0.0978.